The van der Waals surface area contributed by atoms with Crippen molar-refractivity contribution < 1.29 is 17.9 Å². The molecule has 0 aromatic heterocycles. The highest BCUT2D eigenvalue weighted by molar-refractivity contribution is 4.90. The second-order valence-corrected chi connectivity index (χ2v) is 3.52. The Kier molecular flexibility index (Phi) is 4.36. The van der Waals surface area contributed by atoms with Crippen molar-refractivity contribution >= 4 is 0 Å². The molecule has 1 aliphatic heterocycles. The largest absolute Gasteiger partial charge is 0.405 e. The van der Waals surface area contributed by atoms with Gasteiger partial charge in [-0.15, -0.1) is 0 Å². The predicted molar refractivity (Wildman–Crippen MR) is 47.0 cm³/mol. The molecule has 0 saturated carbocycles. The van der Waals surface area contributed by atoms with E-state index in [4.69, 9.17) is 10.00 Å². The van der Waals surface area contributed by atoms with Crippen LogP contribution in [0.3, 0.4) is 0 Å². The maximum Gasteiger partial charge on any atom is 0.405 e. The number of hydrogen-bond acceptors (Lipinski definition) is 3. The zero-order valence-electron chi connectivity index (χ0n) is 8.18. The van der Waals surface area contributed by atoms with Crippen LogP contribution in [-0.4, -0.2) is 32.0 Å². The Morgan fingerprint density at radius 2 is 2.00 bits per heavy atom. The van der Waals surface area contributed by atoms with Crippen LogP contribution in [0.2, 0.25) is 0 Å². The van der Waals surface area contributed by atoms with Gasteiger partial charge < -0.3 is 10.1 Å². The Balaban J connectivity index is 2.31. The normalized spacial score (nSPS) is 20.9. The number of hydrogen-bond donors (Lipinski definition) is 1. The van der Waals surface area contributed by atoms with Crippen molar-refractivity contribution in [1.29, 1.82) is 5.26 Å². The van der Waals surface area contributed by atoms with Gasteiger partial charge in [-0.05, 0) is 12.8 Å². The lowest BCUT2D eigenvalue weighted by Gasteiger charge is -2.24. The van der Waals surface area contributed by atoms with Crippen LogP contribution < -0.4 is 5.32 Å². The highest BCUT2D eigenvalue weighted by Gasteiger charge is 2.39. The van der Waals surface area contributed by atoms with Crippen LogP contribution in [0.25, 0.3) is 0 Å². The molecule has 1 rings (SSSR count). The van der Waals surface area contributed by atoms with Crippen molar-refractivity contribution in [3.8, 4) is 6.07 Å². The third-order valence-corrected chi connectivity index (χ3v) is 2.38. The predicted octanol–water partition coefficient (Wildman–Crippen LogP) is 1.46. The first-order valence-corrected chi connectivity index (χ1v) is 4.81. The Bertz CT molecular complexity index is 230. The lowest BCUT2D eigenvalue weighted by Crippen LogP contribution is -2.40. The van der Waals surface area contributed by atoms with Gasteiger partial charge in [0.15, 0.2) is 5.92 Å². The van der Waals surface area contributed by atoms with Gasteiger partial charge in [0.1, 0.15) is 0 Å². The molecule has 0 aromatic carbocycles. The van der Waals surface area contributed by atoms with Crippen molar-refractivity contribution in [3.63, 3.8) is 0 Å². The molecule has 1 aliphatic rings. The monoisotopic (exact) mass is 222 g/mol. The van der Waals surface area contributed by atoms with E-state index in [0.717, 1.165) is 0 Å². The number of ether oxygens (including phenoxy) is 1. The highest BCUT2D eigenvalue weighted by atomic mass is 19.4. The zero-order chi connectivity index (χ0) is 11.3. The fraction of sp³-hybridized carbons (Fsp3) is 0.889. The average Bonchev–Trinajstić information content (AvgIpc) is 2.18. The molecular formula is C9H13F3N2O. The SMILES string of the molecule is N#CC(CNC1CCOCC1)C(F)(F)F. The second kappa shape index (κ2) is 5.33. The van der Waals surface area contributed by atoms with Crippen LogP contribution >= 0.6 is 0 Å². The second-order valence-electron chi connectivity index (χ2n) is 3.52. The molecule has 0 radical (unpaired) electrons. The minimum atomic E-state index is -4.44. The van der Waals surface area contributed by atoms with E-state index in [2.05, 4.69) is 5.32 Å². The molecule has 0 spiro atoms. The van der Waals surface area contributed by atoms with Crippen LogP contribution in [0, 0.1) is 17.2 Å². The molecule has 0 aliphatic carbocycles. The molecule has 1 N–H and O–H groups in total. The molecule has 0 amide bonds. The minimum Gasteiger partial charge on any atom is -0.381 e. The van der Waals surface area contributed by atoms with E-state index in [1.165, 1.54) is 6.07 Å². The summed E-state index contributed by atoms with van der Waals surface area (Å²) in [5.41, 5.74) is 0. The van der Waals surface area contributed by atoms with E-state index in [1.54, 1.807) is 0 Å². The van der Waals surface area contributed by atoms with Gasteiger partial charge >= 0.3 is 6.18 Å². The maximum absolute atomic E-state index is 12.2. The first kappa shape index (κ1) is 12.3. The number of rotatable bonds is 3. The number of nitriles is 1. The number of nitrogens with zero attached hydrogens (tertiary/aromatic N) is 1. The van der Waals surface area contributed by atoms with Gasteiger partial charge in [0.25, 0.3) is 0 Å². The number of nitrogens with one attached hydrogen (secondary N) is 1. The number of halogens is 3. The van der Waals surface area contributed by atoms with Crippen LogP contribution in [-0.2, 0) is 4.74 Å². The maximum atomic E-state index is 12.2. The quantitative estimate of drug-likeness (QED) is 0.786. The fourth-order valence-electron chi connectivity index (χ4n) is 1.42. The van der Waals surface area contributed by atoms with E-state index in [-0.39, 0.29) is 12.6 Å². The molecule has 15 heavy (non-hydrogen) atoms. The molecule has 6 heteroatoms. The average molecular weight is 222 g/mol. The summed E-state index contributed by atoms with van der Waals surface area (Å²) in [7, 11) is 0. The van der Waals surface area contributed by atoms with Crippen molar-refractivity contribution in [2.75, 3.05) is 19.8 Å². The van der Waals surface area contributed by atoms with Gasteiger partial charge in [-0.3, -0.25) is 0 Å². The van der Waals surface area contributed by atoms with Gasteiger partial charge in [0, 0.05) is 25.8 Å². The first-order chi connectivity index (χ1) is 7.04. The van der Waals surface area contributed by atoms with Gasteiger partial charge in [0.05, 0.1) is 6.07 Å². The Morgan fingerprint density at radius 3 is 2.47 bits per heavy atom. The minimum absolute atomic E-state index is 0.0388. The van der Waals surface area contributed by atoms with Gasteiger partial charge in [0.2, 0.25) is 0 Å². The fourth-order valence-corrected chi connectivity index (χ4v) is 1.42. The van der Waals surface area contributed by atoms with Crippen molar-refractivity contribution in [2.24, 2.45) is 5.92 Å². The zero-order valence-corrected chi connectivity index (χ0v) is 8.18. The molecule has 1 unspecified atom stereocenters. The molecule has 1 saturated heterocycles. The smallest absolute Gasteiger partial charge is 0.381 e. The molecule has 1 heterocycles. The summed E-state index contributed by atoms with van der Waals surface area (Å²) in [6.45, 7) is 0.812. The van der Waals surface area contributed by atoms with E-state index in [0.29, 0.717) is 26.1 Å². The summed E-state index contributed by atoms with van der Waals surface area (Å²) in [4.78, 5) is 0. The summed E-state index contributed by atoms with van der Waals surface area (Å²) >= 11 is 0. The van der Waals surface area contributed by atoms with Gasteiger partial charge in [-0.25, -0.2) is 0 Å². The molecule has 0 aromatic rings. The number of alkyl halides is 3. The van der Waals surface area contributed by atoms with Crippen molar-refractivity contribution in [3.05, 3.63) is 0 Å². The van der Waals surface area contributed by atoms with Gasteiger partial charge in [-0.1, -0.05) is 0 Å². The summed E-state index contributed by atoms with van der Waals surface area (Å²) in [5, 5.41) is 11.1. The van der Waals surface area contributed by atoms with Crippen LogP contribution in [0.5, 0.6) is 0 Å². The summed E-state index contributed by atoms with van der Waals surface area (Å²) in [6, 6.07) is 1.30. The lowest BCUT2D eigenvalue weighted by molar-refractivity contribution is -0.158. The summed E-state index contributed by atoms with van der Waals surface area (Å²) < 4.78 is 41.6. The Labute approximate surface area is 86.2 Å². The highest BCUT2D eigenvalue weighted by Crippen LogP contribution is 2.25. The molecule has 3 nitrogen and oxygen atoms in total. The van der Waals surface area contributed by atoms with Crippen LogP contribution in [0.15, 0.2) is 0 Å². The van der Waals surface area contributed by atoms with Crippen LogP contribution in [0.4, 0.5) is 13.2 Å². The standard InChI is InChI=1S/C9H13F3N2O/c10-9(11,12)7(5-13)6-14-8-1-3-15-4-2-8/h7-8,14H,1-4,6H2. The Morgan fingerprint density at radius 1 is 1.40 bits per heavy atom. The molecule has 86 valence electrons. The summed E-state index contributed by atoms with van der Waals surface area (Å²) in [5.74, 6) is -1.92. The molecule has 1 atom stereocenters. The van der Waals surface area contributed by atoms with Crippen molar-refractivity contribution in [1.82, 2.24) is 5.32 Å². The van der Waals surface area contributed by atoms with E-state index in [1.807, 2.05) is 0 Å². The molecular weight excluding hydrogens is 209 g/mol. The van der Waals surface area contributed by atoms with E-state index in [9.17, 15) is 13.2 Å². The van der Waals surface area contributed by atoms with Crippen molar-refractivity contribution in [2.45, 2.75) is 25.1 Å². The first-order valence-electron chi connectivity index (χ1n) is 4.81. The lowest BCUT2D eigenvalue weighted by atomic mass is 10.1. The van der Waals surface area contributed by atoms with Crippen LogP contribution in [0.1, 0.15) is 12.8 Å². The van der Waals surface area contributed by atoms with E-state index >= 15 is 0 Å². The van der Waals surface area contributed by atoms with Gasteiger partial charge in [-0.2, -0.15) is 18.4 Å². The molecule has 0 bridgehead atoms. The molecule has 1 fully saturated rings. The van der Waals surface area contributed by atoms with E-state index < -0.39 is 12.1 Å². The summed E-state index contributed by atoms with van der Waals surface area (Å²) in [6.07, 6.45) is -3.03. The Hall–Kier alpha value is -0.800. The third kappa shape index (κ3) is 4.06. The third-order valence-electron chi connectivity index (χ3n) is 2.38. The topological polar surface area (TPSA) is 45.0 Å².